The molecule has 2 aliphatic rings. The van der Waals surface area contributed by atoms with Crippen LogP contribution in [0.1, 0.15) is 44.0 Å². The van der Waals surface area contributed by atoms with Crippen molar-refractivity contribution in [2.24, 2.45) is 5.92 Å². The first-order valence-electron chi connectivity index (χ1n) is 11.6. The number of nitrogens with zero attached hydrogens (tertiary/aromatic N) is 1. The average Bonchev–Trinajstić information content (AvgIpc) is 3.52. The molecule has 178 valence electrons. The zero-order valence-corrected chi connectivity index (χ0v) is 20.0. The topological polar surface area (TPSA) is 77.1 Å². The number of nitrogens with one attached hydrogen (secondary N) is 1. The standard InChI is InChI=1S/C25H32N2O5S/c1-17(2)11-12-26-24(28)23(22-10-6-14-33-22)27(15-18-7-5-13-30-18)25(29)21-16-31-19-8-3-4-9-20(19)32-21/h3-4,6,8-10,14,17-18,21,23H,5,7,11-13,15-16H2,1-2H3,(H,26,28). The van der Waals surface area contributed by atoms with Crippen molar-refractivity contribution in [3.8, 4) is 11.5 Å². The maximum Gasteiger partial charge on any atom is 0.268 e. The van der Waals surface area contributed by atoms with Gasteiger partial charge in [-0.05, 0) is 48.8 Å². The lowest BCUT2D eigenvalue weighted by molar-refractivity contribution is -0.150. The lowest BCUT2D eigenvalue weighted by Gasteiger charge is -2.36. The molecule has 1 saturated heterocycles. The highest BCUT2D eigenvalue weighted by molar-refractivity contribution is 7.10. The van der Waals surface area contributed by atoms with Crippen molar-refractivity contribution in [1.82, 2.24) is 10.2 Å². The highest BCUT2D eigenvalue weighted by Crippen LogP contribution is 2.33. The van der Waals surface area contributed by atoms with Gasteiger partial charge in [-0.2, -0.15) is 0 Å². The predicted molar refractivity (Wildman–Crippen MR) is 127 cm³/mol. The number of para-hydroxylation sites is 2. The van der Waals surface area contributed by atoms with Crippen molar-refractivity contribution < 1.29 is 23.8 Å². The molecule has 3 unspecified atom stereocenters. The van der Waals surface area contributed by atoms with E-state index >= 15 is 0 Å². The van der Waals surface area contributed by atoms with E-state index in [0.717, 1.165) is 24.1 Å². The largest absolute Gasteiger partial charge is 0.485 e. The number of carbonyl (C=O) groups excluding carboxylic acids is 2. The van der Waals surface area contributed by atoms with Crippen LogP contribution in [0.25, 0.3) is 0 Å². The molecule has 0 spiro atoms. The van der Waals surface area contributed by atoms with Crippen molar-refractivity contribution >= 4 is 23.2 Å². The van der Waals surface area contributed by atoms with Crippen LogP contribution in [0.15, 0.2) is 41.8 Å². The number of rotatable bonds is 9. The van der Waals surface area contributed by atoms with Crippen molar-refractivity contribution in [1.29, 1.82) is 0 Å². The summed E-state index contributed by atoms with van der Waals surface area (Å²) in [5, 5.41) is 4.97. The summed E-state index contributed by atoms with van der Waals surface area (Å²) in [6.07, 6.45) is 1.76. The second-order valence-electron chi connectivity index (χ2n) is 8.88. The zero-order chi connectivity index (χ0) is 23.2. The summed E-state index contributed by atoms with van der Waals surface area (Å²) < 4.78 is 17.7. The number of hydrogen-bond donors (Lipinski definition) is 1. The van der Waals surface area contributed by atoms with Crippen LogP contribution < -0.4 is 14.8 Å². The molecule has 1 N–H and O–H groups in total. The predicted octanol–water partition coefficient (Wildman–Crippen LogP) is 3.80. The smallest absolute Gasteiger partial charge is 0.268 e. The number of benzene rings is 1. The Bertz CT molecular complexity index is 927. The molecular formula is C25H32N2O5S. The number of amides is 2. The second-order valence-corrected chi connectivity index (χ2v) is 9.86. The SMILES string of the molecule is CC(C)CCNC(=O)C(c1cccs1)N(CC1CCCO1)C(=O)C1COc2ccccc2O1. The van der Waals surface area contributed by atoms with Crippen molar-refractivity contribution in [2.75, 3.05) is 26.3 Å². The van der Waals surface area contributed by atoms with Crippen LogP contribution in [0.5, 0.6) is 11.5 Å². The van der Waals surface area contributed by atoms with Crippen molar-refractivity contribution in [3.05, 3.63) is 46.7 Å². The fourth-order valence-corrected chi connectivity index (χ4v) is 4.94. The van der Waals surface area contributed by atoms with Gasteiger partial charge in [0, 0.05) is 24.6 Å². The summed E-state index contributed by atoms with van der Waals surface area (Å²) in [7, 11) is 0. The Morgan fingerprint density at radius 1 is 1.18 bits per heavy atom. The van der Waals surface area contributed by atoms with Gasteiger partial charge in [0.2, 0.25) is 12.0 Å². The molecular weight excluding hydrogens is 440 g/mol. The number of fused-ring (bicyclic) bond motifs is 1. The first-order valence-corrected chi connectivity index (χ1v) is 12.5. The maximum absolute atomic E-state index is 13.8. The first kappa shape index (κ1) is 23.6. The highest BCUT2D eigenvalue weighted by Gasteiger charge is 2.40. The fraction of sp³-hybridized carbons (Fsp3) is 0.520. The van der Waals surface area contributed by atoms with Crippen LogP contribution in [0.4, 0.5) is 0 Å². The lowest BCUT2D eigenvalue weighted by Crippen LogP contribution is -2.53. The van der Waals surface area contributed by atoms with Gasteiger partial charge in [-0.25, -0.2) is 0 Å². The summed E-state index contributed by atoms with van der Waals surface area (Å²) in [5.41, 5.74) is 0. The number of ether oxygens (including phenoxy) is 3. The van der Waals surface area contributed by atoms with Crippen LogP contribution in [0, 0.1) is 5.92 Å². The molecule has 0 saturated carbocycles. The van der Waals surface area contributed by atoms with Gasteiger partial charge in [0.05, 0.1) is 6.10 Å². The van der Waals surface area contributed by atoms with Gasteiger partial charge in [-0.1, -0.05) is 32.0 Å². The van der Waals surface area contributed by atoms with E-state index in [0.29, 0.717) is 37.1 Å². The van der Waals surface area contributed by atoms with Gasteiger partial charge in [-0.15, -0.1) is 11.3 Å². The van der Waals surface area contributed by atoms with E-state index in [1.807, 2.05) is 35.7 Å². The van der Waals surface area contributed by atoms with Gasteiger partial charge in [0.15, 0.2) is 11.5 Å². The monoisotopic (exact) mass is 472 g/mol. The molecule has 0 radical (unpaired) electrons. The normalized spacial score (nSPS) is 20.5. The van der Waals surface area contributed by atoms with Crippen LogP contribution in [0.3, 0.4) is 0 Å². The molecule has 3 heterocycles. The van der Waals surface area contributed by atoms with E-state index in [1.54, 1.807) is 11.0 Å². The fourth-order valence-electron chi connectivity index (χ4n) is 4.11. The third-order valence-electron chi connectivity index (χ3n) is 5.89. The third-order valence-corrected chi connectivity index (χ3v) is 6.81. The van der Waals surface area contributed by atoms with E-state index in [2.05, 4.69) is 19.2 Å². The molecule has 7 nitrogen and oxygen atoms in total. The molecule has 2 aromatic rings. The summed E-state index contributed by atoms with van der Waals surface area (Å²) in [6, 6.07) is 10.4. The van der Waals surface area contributed by atoms with E-state index in [-0.39, 0.29) is 24.5 Å². The molecule has 3 atom stereocenters. The molecule has 1 fully saturated rings. The van der Waals surface area contributed by atoms with E-state index in [1.165, 1.54) is 11.3 Å². The Morgan fingerprint density at radius 3 is 2.70 bits per heavy atom. The Balaban J connectivity index is 1.59. The average molecular weight is 473 g/mol. The minimum Gasteiger partial charge on any atom is -0.485 e. The van der Waals surface area contributed by atoms with Crippen LogP contribution in [0.2, 0.25) is 0 Å². The molecule has 33 heavy (non-hydrogen) atoms. The van der Waals surface area contributed by atoms with E-state index in [4.69, 9.17) is 14.2 Å². The van der Waals surface area contributed by atoms with Gasteiger partial charge >= 0.3 is 0 Å². The lowest BCUT2D eigenvalue weighted by atomic mass is 10.1. The van der Waals surface area contributed by atoms with Crippen LogP contribution >= 0.6 is 11.3 Å². The minimum absolute atomic E-state index is 0.100. The van der Waals surface area contributed by atoms with Gasteiger partial charge in [0.25, 0.3) is 5.91 Å². The Labute approximate surface area is 199 Å². The molecule has 4 rings (SSSR count). The van der Waals surface area contributed by atoms with Crippen LogP contribution in [-0.2, 0) is 14.3 Å². The van der Waals surface area contributed by atoms with E-state index < -0.39 is 12.1 Å². The van der Waals surface area contributed by atoms with Crippen LogP contribution in [-0.4, -0.2) is 55.2 Å². The third kappa shape index (κ3) is 5.86. The summed E-state index contributed by atoms with van der Waals surface area (Å²) >= 11 is 1.47. The van der Waals surface area contributed by atoms with E-state index in [9.17, 15) is 9.59 Å². The molecule has 0 bridgehead atoms. The van der Waals surface area contributed by atoms with Gasteiger partial charge in [0.1, 0.15) is 12.6 Å². The Kier molecular flexibility index (Phi) is 7.88. The Hall–Kier alpha value is -2.58. The minimum atomic E-state index is -0.827. The summed E-state index contributed by atoms with van der Waals surface area (Å²) in [4.78, 5) is 29.7. The number of hydrogen-bond acceptors (Lipinski definition) is 6. The molecule has 1 aromatic heterocycles. The van der Waals surface area contributed by atoms with Crippen molar-refractivity contribution in [2.45, 2.75) is 51.4 Å². The highest BCUT2D eigenvalue weighted by atomic mass is 32.1. The number of thiophene rings is 1. The second kappa shape index (κ2) is 11.0. The number of carbonyl (C=O) groups is 2. The van der Waals surface area contributed by atoms with Crippen molar-refractivity contribution in [3.63, 3.8) is 0 Å². The molecule has 1 aromatic carbocycles. The Morgan fingerprint density at radius 2 is 2.00 bits per heavy atom. The summed E-state index contributed by atoms with van der Waals surface area (Å²) in [5.74, 6) is 1.18. The van der Waals surface area contributed by atoms with Gasteiger partial charge in [-0.3, -0.25) is 9.59 Å². The maximum atomic E-state index is 13.8. The quantitative estimate of drug-likeness (QED) is 0.601. The first-order chi connectivity index (χ1) is 16.0. The molecule has 8 heteroatoms. The molecule has 2 aliphatic heterocycles. The molecule has 0 aliphatic carbocycles. The summed E-state index contributed by atoms with van der Waals surface area (Å²) in [6.45, 7) is 5.91. The van der Waals surface area contributed by atoms with Gasteiger partial charge < -0.3 is 24.4 Å². The zero-order valence-electron chi connectivity index (χ0n) is 19.2. The molecule has 2 amide bonds.